The Morgan fingerprint density at radius 1 is 1.07 bits per heavy atom. The zero-order valence-corrected chi connectivity index (χ0v) is 17.2. The van der Waals surface area contributed by atoms with Crippen LogP contribution in [-0.4, -0.2) is 31.4 Å². The zero-order valence-electron chi connectivity index (χ0n) is 15.6. The van der Waals surface area contributed by atoms with E-state index in [0.717, 1.165) is 37.3 Å². The lowest BCUT2D eigenvalue weighted by molar-refractivity contribution is 0.313. The maximum atomic E-state index is 6.14. The highest BCUT2D eigenvalue weighted by atomic mass is 32.2. The van der Waals surface area contributed by atoms with Gasteiger partial charge in [-0.2, -0.15) is 0 Å². The molecule has 3 nitrogen and oxygen atoms in total. The molecule has 3 aromatic rings. The van der Waals surface area contributed by atoms with E-state index in [4.69, 9.17) is 9.47 Å². The third-order valence-corrected chi connectivity index (χ3v) is 7.06. The summed E-state index contributed by atoms with van der Waals surface area (Å²) >= 11 is 3.84. The quantitative estimate of drug-likeness (QED) is 0.532. The number of hydrogen-bond acceptors (Lipinski definition) is 5. The van der Waals surface area contributed by atoms with Gasteiger partial charge in [-0.05, 0) is 54.0 Å². The predicted octanol–water partition coefficient (Wildman–Crippen LogP) is 5.13. The van der Waals surface area contributed by atoms with Crippen molar-refractivity contribution in [1.29, 1.82) is 0 Å². The Morgan fingerprint density at radius 2 is 2.00 bits per heavy atom. The summed E-state index contributed by atoms with van der Waals surface area (Å²) < 4.78 is 12.9. The van der Waals surface area contributed by atoms with Crippen LogP contribution in [0.5, 0.6) is 11.5 Å². The fourth-order valence-corrected chi connectivity index (χ4v) is 5.54. The number of ether oxygens (including phenoxy) is 2. The summed E-state index contributed by atoms with van der Waals surface area (Å²) in [6.45, 7) is 1.83. The Kier molecular flexibility index (Phi) is 6.22. The van der Waals surface area contributed by atoms with Crippen LogP contribution in [0.3, 0.4) is 0 Å². The largest absolute Gasteiger partial charge is 0.496 e. The minimum Gasteiger partial charge on any atom is -0.496 e. The molecule has 4 rings (SSSR count). The van der Waals surface area contributed by atoms with E-state index >= 15 is 0 Å². The molecule has 0 aliphatic carbocycles. The van der Waals surface area contributed by atoms with E-state index in [1.54, 1.807) is 7.11 Å². The molecule has 142 valence electrons. The molecular weight excluding hydrogens is 374 g/mol. The lowest BCUT2D eigenvalue weighted by Crippen LogP contribution is -2.21. The molecule has 0 radical (unpaired) electrons. The van der Waals surface area contributed by atoms with Crippen molar-refractivity contribution in [2.24, 2.45) is 0 Å². The van der Waals surface area contributed by atoms with Gasteiger partial charge in [-0.25, -0.2) is 0 Å². The van der Waals surface area contributed by atoms with Crippen molar-refractivity contribution in [2.45, 2.75) is 24.6 Å². The first kappa shape index (κ1) is 18.7. The van der Waals surface area contributed by atoms with E-state index in [0.29, 0.717) is 12.0 Å². The maximum absolute atomic E-state index is 6.14. The number of rotatable bonds is 8. The van der Waals surface area contributed by atoms with Crippen LogP contribution in [0.2, 0.25) is 0 Å². The van der Waals surface area contributed by atoms with Crippen molar-refractivity contribution in [3.8, 4) is 11.5 Å². The molecule has 0 saturated carbocycles. The summed E-state index contributed by atoms with van der Waals surface area (Å²) in [7, 11) is 1.73. The Labute approximate surface area is 169 Å². The highest BCUT2D eigenvalue weighted by Gasteiger charge is 2.17. The van der Waals surface area contributed by atoms with E-state index in [2.05, 4.69) is 41.0 Å². The van der Waals surface area contributed by atoms with Crippen LogP contribution in [0.1, 0.15) is 17.5 Å². The monoisotopic (exact) mass is 399 g/mol. The molecule has 2 aromatic carbocycles. The van der Waals surface area contributed by atoms with E-state index in [1.807, 2.05) is 35.2 Å². The number of fused-ring (bicyclic) bond motifs is 1. The number of para-hydroxylation sites is 1. The molecule has 5 heteroatoms. The SMILES string of the molecule is COc1ccccc1CCCOc1ccc(CC2NCCS2)c2sccc12. The van der Waals surface area contributed by atoms with Crippen LogP contribution in [0.25, 0.3) is 10.1 Å². The van der Waals surface area contributed by atoms with Gasteiger partial charge in [-0.1, -0.05) is 24.3 Å². The van der Waals surface area contributed by atoms with Gasteiger partial charge in [0.2, 0.25) is 0 Å². The van der Waals surface area contributed by atoms with Gasteiger partial charge in [0, 0.05) is 22.4 Å². The molecule has 0 bridgehead atoms. The predicted molar refractivity (Wildman–Crippen MR) is 117 cm³/mol. The average Bonchev–Trinajstić information content (AvgIpc) is 3.39. The van der Waals surface area contributed by atoms with Gasteiger partial charge in [0.05, 0.1) is 19.1 Å². The van der Waals surface area contributed by atoms with Crippen molar-refractivity contribution >= 4 is 33.2 Å². The molecule has 1 atom stereocenters. The first-order valence-corrected chi connectivity index (χ1v) is 11.4. The molecule has 27 heavy (non-hydrogen) atoms. The summed E-state index contributed by atoms with van der Waals surface area (Å²) in [6.07, 6.45) is 3.01. The number of aryl methyl sites for hydroxylation is 1. The summed E-state index contributed by atoms with van der Waals surface area (Å²) in [5.41, 5.74) is 2.66. The van der Waals surface area contributed by atoms with E-state index in [1.165, 1.54) is 27.0 Å². The molecular formula is C22H25NO2S2. The summed E-state index contributed by atoms with van der Waals surface area (Å²) in [4.78, 5) is 0. The summed E-state index contributed by atoms with van der Waals surface area (Å²) in [5.74, 6) is 3.17. The van der Waals surface area contributed by atoms with Crippen LogP contribution in [-0.2, 0) is 12.8 Å². The molecule has 2 heterocycles. The highest BCUT2D eigenvalue weighted by molar-refractivity contribution is 8.00. The molecule has 1 saturated heterocycles. The second-order valence-corrected chi connectivity index (χ2v) is 8.89. The highest BCUT2D eigenvalue weighted by Crippen LogP contribution is 2.34. The van der Waals surface area contributed by atoms with Crippen LogP contribution in [0.15, 0.2) is 47.8 Å². The van der Waals surface area contributed by atoms with Crippen LogP contribution >= 0.6 is 23.1 Å². The summed E-state index contributed by atoms with van der Waals surface area (Å²) in [6, 6.07) is 14.8. The Bertz CT molecular complexity index is 887. The smallest absolute Gasteiger partial charge is 0.127 e. The second-order valence-electron chi connectivity index (χ2n) is 6.67. The molecule has 0 spiro atoms. The molecule has 0 amide bonds. The fraction of sp³-hybridized carbons (Fsp3) is 0.364. The molecule has 1 aliphatic heterocycles. The maximum Gasteiger partial charge on any atom is 0.127 e. The number of thiophene rings is 1. The zero-order chi connectivity index (χ0) is 18.5. The van der Waals surface area contributed by atoms with Crippen LogP contribution < -0.4 is 14.8 Å². The first-order valence-electron chi connectivity index (χ1n) is 9.44. The lowest BCUT2D eigenvalue weighted by atomic mass is 10.1. The van der Waals surface area contributed by atoms with Gasteiger partial charge in [0.1, 0.15) is 11.5 Å². The number of hydrogen-bond donors (Lipinski definition) is 1. The number of benzene rings is 2. The topological polar surface area (TPSA) is 30.5 Å². The Hall–Kier alpha value is -1.69. The minimum atomic E-state index is 0.544. The minimum absolute atomic E-state index is 0.544. The standard InChI is InChI=1S/C22H25NO2S2/c1-24-19-7-3-2-5-16(19)6-4-12-25-20-9-8-17(15-21-23-11-14-26-21)22-18(20)10-13-27-22/h2-3,5,7-10,13,21,23H,4,6,11-12,14-15H2,1H3. The third kappa shape index (κ3) is 4.42. The molecule has 1 aromatic heterocycles. The number of thioether (sulfide) groups is 1. The molecule has 1 aliphatic rings. The molecule has 1 unspecified atom stereocenters. The van der Waals surface area contributed by atoms with Crippen molar-refractivity contribution in [3.05, 3.63) is 59.0 Å². The van der Waals surface area contributed by atoms with Crippen molar-refractivity contribution in [3.63, 3.8) is 0 Å². The molecule has 1 fully saturated rings. The van der Waals surface area contributed by atoms with Gasteiger partial charge in [-0.15, -0.1) is 23.1 Å². The van der Waals surface area contributed by atoms with Crippen molar-refractivity contribution in [2.75, 3.05) is 26.0 Å². The van der Waals surface area contributed by atoms with Crippen LogP contribution in [0.4, 0.5) is 0 Å². The van der Waals surface area contributed by atoms with E-state index < -0.39 is 0 Å². The van der Waals surface area contributed by atoms with Gasteiger partial charge < -0.3 is 14.8 Å². The Balaban J connectivity index is 1.38. The average molecular weight is 400 g/mol. The van der Waals surface area contributed by atoms with E-state index in [-0.39, 0.29) is 0 Å². The van der Waals surface area contributed by atoms with Gasteiger partial charge in [0.15, 0.2) is 0 Å². The number of nitrogens with one attached hydrogen (secondary N) is 1. The second kappa shape index (κ2) is 9.00. The van der Waals surface area contributed by atoms with E-state index in [9.17, 15) is 0 Å². The van der Waals surface area contributed by atoms with Crippen molar-refractivity contribution in [1.82, 2.24) is 5.32 Å². The van der Waals surface area contributed by atoms with Gasteiger partial charge in [0.25, 0.3) is 0 Å². The summed E-state index contributed by atoms with van der Waals surface area (Å²) in [5, 5.41) is 7.53. The fourth-order valence-electron chi connectivity index (χ4n) is 3.55. The number of methoxy groups -OCH3 is 1. The van der Waals surface area contributed by atoms with Gasteiger partial charge in [-0.3, -0.25) is 0 Å². The lowest BCUT2D eigenvalue weighted by Gasteiger charge is -2.13. The Morgan fingerprint density at radius 3 is 2.85 bits per heavy atom. The van der Waals surface area contributed by atoms with Crippen molar-refractivity contribution < 1.29 is 9.47 Å². The first-order chi connectivity index (χ1) is 13.3. The third-order valence-electron chi connectivity index (χ3n) is 4.90. The molecule has 1 N–H and O–H groups in total. The normalized spacial score (nSPS) is 16.7. The van der Waals surface area contributed by atoms with Crippen LogP contribution in [0, 0.1) is 0 Å². The van der Waals surface area contributed by atoms with Gasteiger partial charge >= 0.3 is 0 Å².